The number of nitrogens with two attached hydrogens (primary N) is 1. The van der Waals surface area contributed by atoms with Crippen LogP contribution in [0.2, 0.25) is 0 Å². The summed E-state index contributed by atoms with van der Waals surface area (Å²) in [4.78, 5) is 2.05. The summed E-state index contributed by atoms with van der Waals surface area (Å²) in [5.41, 5.74) is 10.6. The zero-order valence-electron chi connectivity index (χ0n) is 13.0. The highest BCUT2D eigenvalue weighted by atomic mass is 16.3. The second kappa shape index (κ2) is 7.15. The first-order chi connectivity index (χ1) is 10.5. The van der Waals surface area contributed by atoms with Crippen molar-refractivity contribution in [2.45, 2.75) is 6.10 Å². The molecular formula is C17H23N3O2. The number of aliphatic hydroxyl groups excluding tert-OH is 2. The Bertz CT molecular complexity index is 629. The van der Waals surface area contributed by atoms with Crippen molar-refractivity contribution in [2.75, 3.05) is 43.2 Å². The van der Waals surface area contributed by atoms with Crippen LogP contribution in [0.15, 0.2) is 42.5 Å². The fourth-order valence-electron chi connectivity index (χ4n) is 2.32. The van der Waals surface area contributed by atoms with Gasteiger partial charge in [-0.2, -0.15) is 0 Å². The van der Waals surface area contributed by atoms with Crippen LogP contribution in [-0.2, 0) is 0 Å². The molecule has 0 amide bonds. The van der Waals surface area contributed by atoms with Crippen molar-refractivity contribution in [2.24, 2.45) is 0 Å². The third-order valence-corrected chi connectivity index (χ3v) is 3.46. The molecule has 5 nitrogen and oxygen atoms in total. The van der Waals surface area contributed by atoms with Gasteiger partial charge in [0.05, 0.1) is 12.7 Å². The number of para-hydroxylation sites is 1. The molecule has 22 heavy (non-hydrogen) atoms. The maximum atomic E-state index is 9.53. The lowest BCUT2D eigenvalue weighted by atomic mass is 10.00. The lowest BCUT2D eigenvalue weighted by Crippen LogP contribution is -2.23. The lowest BCUT2D eigenvalue weighted by Gasteiger charge is -2.20. The molecule has 0 spiro atoms. The Kier molecular flexibility index (Phi) is 5.25. The van der Waals surface area contributed by atoms with Crippen LogP contribution in [-0.4, -0.2) is 43.6 Å². The van der Waals surface area contributed by atoms with Crippen molar-refractivity contribution < 1.29 is 10.2 Å². The van der Waals surface area contributed by atoms with E-state index in [9.17, 15) is 5.11 Å². The number of nitrogens with zero attached hydrogens (tertiary/aromatic N) is 1. The predicted molar refractivity (Wildman–Crippen MR) is 92.2 cm³/mol. The van der Waals surface area contributed by atoms with Gasteiger partial charge in [-0.3, -0.25) is 0 Å². The Balaban J connectivity index is 2.43. The molecule has 0 saturated heterocycles. The second-order valence-corrected chi connectivity index (χ2v) is 5.43. The van der Waals surface area contributed by atoms with E-state index < -0.39 is 6.10 Å². The van der Waals surface area contributed by atoms with E-state index in [4.69, 9.17) is 10.8 Å². The number of anilines is 3. The van der Waals surface area contributed by atoms with Crippen LogP contribution in [0.5, 0.6) is 0 Å². The van der Waals surface area contributed by atoms with Gasteiger partial charge in [0.2, 0.25) is 0 Å². The predicted octanol–water partition coefficient (Wildman–Crippen LogP) is 1.77. The monoisotopic (exact) mass is 301 g/mol. The number of hydrogen-bond acceptors (Lipinski definition) is 5. The van der Waals surface area contributed by atoms with Crippen molar-refractivity contribution >= 4 is 17.1 Å². The molecule has 2 aromatic rings. The van der Waals surface area contributed by atoms with E-state index in [1.807, 2.05) is 61.5 Å². The van der Waals surface area contributed by atoms with Gasteiger partial charge in [-0.15, -0.1) is 0 Å². The van der Waals surface area contributed by atoms with E-state index in [2.05, 4.69) is 5.32 Å². The average Bonchev–Trinajstić information content (AvgIpc) is 2.53. The van der Waals surface area contributed by atoms with Gasteiger partial charge in [-0.25, -0.2) is 0 Å². The Hall–Kier alpha value is -2.24. The molecule has 118 valence electrons. The summed E-state index contributed by atoms with van der Waals surface area (Å²) in [6.07, 6.45) is -0.797. The third kappa shape index (κ3) is 3.69. The molecule has 1 atom stereocenters. The van der Waals surface area contributed by atoms with Gasteiger partial charge in [0.25, 0.3) is 0 Å². The molecule has 0 radical (unpaired) electrons. The van der Waals surface area contributed by atoms with Gasteiger partial charge >= 0.3 is 0 Å². The normalized spacial score (nSPS) is 12.0. The van der Waals surface area contributed by atoms with Crippen LogP contribution < -0.4 is 16.0 Å². The van der Waals surface area contributed by atoms with Crippen LogP contribution in [0, 0.1) is 0 Å². The van der Waals surface area contributed by atoms with E-state index in [1.165, 1.54) is 0 Å². The fourth-order valence-corrected chi connectivity index (χ4v) is 2.32. The largest absolute Gasteiger partial charge is 0.399 e. The Morgan fingerprint density at radius 1 is 1.14 bits per heavy atom. The molecule has 0 aromatic heterocycles. The van der Waals surface area contributed by atoms with Crippen LogP contribution in [0.25, 0.3) is 11.1 Å². The van der Waals surface area contributed by atoms with Crippen molar-refractivity contribution in [1.29, 1.82) is 0 Å². The van der Waals surface area contributed by atoms with E-state index in [0.29, 0.717) is 5.69 Å². The van der Waals surface area contributed by atoms with Gasteiger partial charge in [-0.1, -0.05) is 18.2 Å². The minimum atomic E-state index is -0.797. The van der Waals surface area contributed by atoms with E-state index in [-0.39, 0.29) is 13.2 Å². The summed E-state index contributed by atoms with van der Waals surface area (Å²) in [5, 5.41) is 21.6. The number of benzene rings is 2. The number of hydrogen-bond donors (Lipinski definition) is 4. The second-order valence-electron chi connectivity index (χ2n) is 5.43. The molecular weight excluding hydrogens is 278 g/mol. The SMILES string of the molecule is CN(C)c1ccccc1-c1cc(N)ccc1NCC(O)CO. The number of aliphatic hydroxyl groups is 2. The zero-order chi connectivity index (χ0) is 16.1. The van der Waals surface area contributed by atoms with Crippen molar-refractivity contribution in [1.82, 2.24) is 0 Å². The Labute approximate surface area is 131 Å². The zero-order valence-corrected chi connectivity index (χ0v) is 13.0. The highest BCUT2D eigenvalue weighted by molar-refractivity contribution is 5.88. The summed E-state index contributed by atoms with van der Waals surface area (Å²) in [7, 11) is 3.99. The lowest BCUT2D eigenvalue weighted by molar-refractivity contribution is 0.105. The smallest absolute Gasteiger partial charge is 0.0942 e. The first-order valence-electron chi connectivity index (χ1n) is 7.22. The van der Waals surface area contributed by atoms with Crippen molar-refractivity contribution in [3.63, 3.8) is 0 Å². The third-order valence-electron chi connectivity index (χ3n) is 3.46. The molecule has 0 fully saturated rings. The van der Waals surface area contributed by atoms with Crippen molar-refractivity contribution in [3.05, 3.63) is 42.5 Å². The highest BCUT2D eigenvalue weighted by Gasteiger charge is 2.12. The first-order valence-corrected chi connectivity index (χ1v) is 7.22. The first kappa shape index (κ1) is 16.1. The fraction of sp³-hybridized carbons (Fsp3) is 0.294. The van der Waals surface area contributed by atoms with Crippen LogP contribution in [0.4, 0.5) is 17.1 Å². The van der Waals surface area contributed by atoms with Gasteiger partial charge in [0.1, 0.15) is 0 Å². The minimum Gasteiger partial charge on any atom is -0.399 e. The van der Waals surface area contributed by atoms with E-state index >= 15 is 0 Å². The number of nitrogens with one attached hydrogen (secondary N) is 1. The number of nitrogen functional groups attached to an aromatic ring is 1. The molecule has 0 bridgehead atoms. The summed E-state index contributed by atoms with van der Waals surface area (Å²) < 4.78 is 0. The average molecular weight is 301 g/mol. The molecule has 5 N–H and O–H groups in total. The molecule has 5 heteroatoms. The van der Waals surface area contributed by atoms with Crippen LogP contribution in [0.1, 0.15) is 0 Å². The summed E-state index contributed by atoms with van der Waals surface area (Å²) >= 11 is 0. The maximum absolute atomic E-state index is 9.53. The maximum Gasteiger partial charge on any atom is 0.0942 e. The Morgan fingerprint density at radius 3 is 2.55 bits per heavy atom. The van der Waals surface area contributed by atoms with Crippen LogP contribution >= 0.6 is 0 Å². The molecule has 0 saturated carbocycles. The highest BCUT2D eigenvalue weighted by Crippen LogP contribution is 2.36. The summed E-state index contributed by atoms with van der Waals surface area (Å²) in [6, 6.07) is 13.7. The molecule has 2 aromatic carbocycles. The molecule has 0 aliphatic carbocycles. The topological polar surface area (TPSA) is 81.8 Å². The minimum absolute atomic E-state index is 0.272. The van der Waals surface area contributed by atoms with Crippen LogP contribution in [0.3, 0.4) is 0 Å². The quantitative estimate of drug-likeness (QED) is 0.611. The van der Waals surface area contributed by atoms with Gasteiger partial charge in [0.15, 0.2) is 0 Å². The van der Waals surface area contributed by atoms with Crippen molar-refractivity contribution in [3.8, 4) is 11.1 Å². The molecule has 2 rings (SSSR count). The van der Waals surface area contributed by atoms with E-state index in [1.54, 1.807) is 0 Å². The molecule has 1 unspecified atom stereocenters. The molecule has 0 heterocycles. The molecule has 0 aliphatic heterocycles. The van der Waals surface area contributed by atoms with E-state index in [0.717, 1.165) is 22.5 Å². The molecule has 0 aliphatic rings. The summed E-state index contributed by atoms with van der Waals surface area (Å²) in [6.45, 7) is 0.00311. The summed E-state index contributed by atoms with van der Waals surface area (Å²) in [5.74, 6) is 0. The van der Waals surface area contributed by atoms with Gasteiger partial charge in [0, 0.05) is 48.8 Å². The van der Waals surface area contributed by atoms with Gasteiger partial charge in [-0.05, 0) is 24.3 Å². The Morgan fingerprint density at radius 2 is 1.86 bits per heavy atom. The standard InChI is InChI=1S/C17H23N3O2/c1-20(2)17-6-4-3-5-14(17)15-9-12(18)7-8-16(15)19-10-13(22)11-21/h3-9,13,19,21-22H,10-11,18H2,1-2H3. The number of rotatable bonds is 6. The van der Waals surface area contributed by atoms with Gasteiger partial charge < -0.3 is 26.2 Å².